The summed E-state index contributed by atoms with van der Waals surface area (Å²) in [5.41, 5.74) is -0.572. The smallest absolute Gasteiger partial charge is 0.319 e. The average molecular weight is 312 g/mol. The molecule has 0 atom stereocenters. The van der Waals surface area contributed by atoms with Gasteiger partial charge in [0.15, 0.2) is 0 Å². The SMILES string of the molecule is Cc1ccc(CNC(=O)c2ccnc(Cl)c2[N+](=O)[O-])s1. The molecule has 20 heavy (non-hydrogen) atoms. The number of halogens is 1. The highest BCUT2D eigenvalue weighted by Gasteiger charge is 2.24. The highest BCUT2D eigenvalue weighted by atomic mass is 35.5. The molecular formula is C12H10ClN3O3S. The Labute approximate surface area is 123 Å². The van der Waals surface area contributed by atoms with Crippen LogP contribution in [0.1, 0.15) is 20.1 Å². The molecule has 2 aromatic rings. The largest absolute Gasteiger partial charge is 0.347 e. The standard InChI is InChI=1S/C12H10ClN3O3S/c1-7-2-3-8(20-7)6-15-12(17)9-4-5-14-11(13)10(9)16(18)19/h2-5H,6H2,1H3,(H,15,17). The molecule has 0 fully saturated rings. The monoisotopic (exact) mass is 311 g/mol. The Kier molecular flexibility index (Phi) is 4.31. The van der Waals surface area contributed by atoms with Gasteiger partial charge in [0.25, 0.3) is 5.91 Å². The van der Waals surface area contributed by atoms with Crippen molar-refractivity contribution in [3.05, 3.63) is 55.0 Å². The fourth-order valence-corrected chi connectivity index (χ4v) is 2.69. The van der Waals surface area contributed by atoms with Crippen LogP contribution >= 0.6 is 22.9 Å². The fourth-order valence-electron chi connectivity index (χ4n) is 1.63. The third kappa shape index (κ3) is 3.12. The Morgan fingerprint density at radius 2 is 2.25 bits per heavy atom. The number of hydrogen-bond acceptors (Lipinski definition) is 5. The number of nitrogens with zero attached hydrogens (tertiary/aromatic N) is 2. The number of rotatable bonds is 4. The predicted octanol–water partition coefficient (Wildman–Crippen LogP) is 2.94. The first-order chi connectivity index (χ1) is 9.49. The van der Waals surface area contributed by atoms with Crippen LogP contribution in [0, 0.1) is 17.0 Å². The third-order valence-corrected chi connectivity index (χ3v) is 3.80. The molecule has 2 heterocycles. The van der Waals surface area contributed by atoms with Gasteiger partial charge in [0.2, 0.25) is 5.15 Å². The zero-order valence-electron chi connectivity index (χ0n) is 10.4. The van der Waals surface area contributed by atoms with Crippen molar-refractivity contribution in [2.24, 2.45) is 0 Å². The van der Waals surface area contributed by atoms with Crippen LogP contribution in [-0.4, -0.2) is 15.8 Å². The summed E-state index contributed by atoms with van der Waals surface area (Å²) in [5.74, 6) is -0.549. The van der Waals surface area contributed by atoms with E-state index in [1.807, 2.05) is 19.1 Å². The van der Waals surface area contributed by atoms with Crippen molar-refractivity contribution in [1.82, 2.24) is 10.3 Å². The van der Waals surface area contributed by atoms with E-state index in [0.717, 1.165) is 9.75 Å². The van der Waals surface area contributed by atoms with Gasteiger partial charge < -0.3 is 5.32 Å². The summed E-state index contributed by atoms with van der Waals surface area (Å²) < 4.78 is 0. The van der Waals surface area contributed by atoms with Crippen molar-refractivity contribution in [3.63, 3.8) is 0 Å². The molecule has 1 N–H and O–H groups in total. The van der Waals surface area contributed by atoms with E-state index in [0.29, 0.717) is 6.54 Å². The second-order valence-corrected chi connectivity index (χ2v) is 5.68. The van der Waals surface area contributed by atoms with Gasteiger partial charge in [0, 0.05) is 16.0 Å². The topological polar surface area (TPSA) is 85.1 Å². The number of aryl methyl sites for hydroxylation is 1. The summed E-state index contributed by atoms with van der Waals surface area (Å²) >= 11 is 7.21. The number of nitro groups is 1. The Hall–Kier alpha value is -1.99. The van der Waals surface area contributed by atoms with Crippen LogP contribution in [0.15, 0.2) is 24.4 Å². The van der Waals surface area contributed by atoms with Crippen LogP contribution in [0.3, 0.4) is 0 Å². The molecule has 104 valence electrons. The molecule has 1 amide bonds. The third-order valence-electron chi connectivity index (χ3n) is 2.53. The number of carbonyl (C=O) groups excluding carboxylic acids is 1. The fraction of sp³-hybridized carbons (Fsp3) is 0.167. The molecule has 6 nitrogen and oxygen atoms in total. The molecular weight excluding hydrogens is 302 g/mol. The maximum Gasteiger partial charge on any atom is 0.319 e. The van der Waals surface area contributed by atoms with Gasteiger partial charge in [-0.3, -0.25) is 14.9 Å². The van der Waals surface area contributed by atoms with E-state index >= 15 is 0 Å². The van der Waals surface area contributed by atoms with Crippen LogP contribution in [0.5, 0.6) is 0 Å². The second kappa shape index (κ2) is 5.98. The summed E-state index contributed by atoms with van der Waals surface area (Å²) in [6, 6.07) is 5.12. The van der Waals surface area contributed by atoms with Crippen LogP contribution in [0.2, 0.25) is 5.15 Å². The Morgan fingerprint density at radius 3 is 2.85 bits per heavy atom. The Balaban J connectivity index is 2.17. The maximum absolute atomic E-state index is 12.0. The van der Waals surface area contributed by atoms with E-state index in [2.05, 4.69) is 10.3 Å². The zero-order chi connectivity index (χ0) is 14.7. The zero-order valence-corrected chi connectivity index (χ0v) is 12.0. The molecule has 8 heteroatoms. The summed E-state index contributed by atoms with van der Waals surface area (Å²) in [6.07, 6.45) is 1.26. The van der Waals surface area contributed by atoms with Crippen molar-refractivity contribution < 1.29 is 9.72 Å². The second-order valence-electron chi connectivity index (χ2n) is 3.95. The summed E-state index contributed by atoms with van der Waals surface area (Å²) in [6.45, 7) is 2.28. The first-order valence-corrected chi connectivity index (χ1v) is 6.81. The first-order valence-electron chi connectivity index (χ1n) is 5.61. The molecule has 0 saturated heterocycles. The number of aromatic nitrogens is 1. The number of amides is 1. The molecule has 0 spiro atoms. The Morgan fingerprint density at radius 1 is 1.50 bits per heavy atom. The lowest BCUT2D eigenvalue weighted by Crippen LogP contribution is -2.23. The number of pyridine rings is 1. The molecule has 2 aromatic heterocycles. The van der Waals surface area contributed by atoms with Gasteiger partial charge in [-0.25, -0.2) is 4.98 Å². The minimum Gasteiger partial charge on any atom is -0.347 e. The highest BCUT2D eigenvalue weighted by molar-refractivity contribution is 7.11. The molecule has 0 unspecified atom stereocenters. The summed E-state index contributed by atoms with van der Waals surface area (Å²) in [7, 11) is 0. The normalized spacial score (nSPS) is 10.3. The maximum atomic E-state index is 12.0. The van der Waals surface area contributed by atoms with Crippen LogP contribution in [0.4, 0.5) is 5.69 Å². The number of hydrogen-bond donors (Lipinski definition) is 1. The van der Waals surface area contributed by atoms with Crippen molar-refractivity contribution in [1.29, 1.82) is 0 Å². The van der Waals surface area contributed by atoms with Gasteiger partial charge in [-0.15, -0.1) is 11.3 Å². The van der Waals surface area contributed by atoms with Crippen molar-refractivity contribution in [2.45, 2.75) is 13.5 Å². The lowest BCUT2D eigenvalue weighted by atomic mass is 10.2. The Bertz CT molecular complexity index is 672. The lowest BCUT2D eigenvalue weighted by molar-refractivity contribution is -0.385. The van der Waals surface area contributed by atoms with Gasteiger partial charge in [-0.2, -0.15) is 0 Å². The minimum atomic E-state index is -0.709. The lowest BCUT2D eigenvalue weighted by Gasteiger charge is -2.05. The van der Waals surface area contributed by atoms with E-state index in [1.165, 1.54) is 12.3 Å². The van der Waals surface area contributed by atoms with Crippen LogP contribution < -0.4 is 5.32 Å². The number of thiophene rings is 1. The number of carbonyl (C=O) groups is 1. The molecule has 2 rings (SSSR count). The van der Waals surface area contributed by atoms with Gasteiger partial charge in [-0.1, -0.05) is 11.6 Å². The minimum absolute atomic E-state index is 0.0942. The van der Waals surface area contributed by atoms with Crippen molar-refractivity contribution in [2.75, 3.05) is 0 Å². The molecule has 0 aliphatic rings. The molecule has 0 aromatic carbocycles. The van der Waals surface area contributed by atoms with Gasteiger partial charge >= 0.3 is 5.69 Å². The van der Waals surface area contributed by atoms with Crippen molar-refractivity contribution in [3.8, 4) is 0 Å². The van der Waals surface area contributed by atoms with E-state index in [4.69, 9.17) is 11.6 Å². The summed E-state index contributed by atoms with van der Waals surface area (Å²) in [4.78, 5) is 27.9. The van der Waals surface area contributed by atoms with E-state index in [9.17, 15) is 14.9 Å². The van der Waals surface area contributed by atoms with Gasteiger partial charge in [0.05, 0.1) is 11.5 Å². The predicted molar refractivity (Wildman–Crippen MR) is 76.1 cm³/mol. The highest BCUT2D eigenvalue weighted by Crippen LogP contribution is 2.26. The van der Waals surface area contributed by atoms with E-state index in [1.54, 1.807) is 11.3 Å². The average Bonchev–Trinajstić information content (AvgIpc) is 2.81. The van der Waals surface area contributed by atoms with Crippen molar-refractivity contribution >= 4 is 34.5 Å². The molecule has 0 saturated carbocycles. The molecule has 0 bridgehead atoms. The van der Waals surface area contributed by atoms with Crippen LogP contribution in [-0.2, 0) is 6.54 Å². The molecule has 0 aliphatic heterocycles. The molecule has 0 radical (unpaired) electrons. The van der Waals surface area contributed by atoms with E-state index in [-0.39, 0.29) is 10.7 Å². The van der Waals surface area contributed by atoms with Crippen LogP contribution in [0.25, 0.3) is 0 Å². The molecule has 0 aliphatic carbocycles. The van der Waals surface area contributed by atoms with E-state index < -0.39 is 16.5 Å². The van der Waals surface area contributed by atoms with Gasteiger partial charge in [-0.05, 0) is 25.1 Å². The van der Waals surface area contributed by atoms with Gasteiger partial charge in [0.1, 0.15) is 5.56 Å². The number of nitrogens with one attached hydrogen (secondary N) is 1. The quantitative estimate of drug-likeness (QED) is 0.534. The summed E-state index contributed by atoms with van der Waals surface area (Å²) in [5, 5.41) is 13.3. The first kappa shape index (κ1) is 14.4.